The summed E-state index contributed by atoms with van der Waals surface area (Å²) >= 11 is 3.50. The Morgan fingerprint density at radius 1 is 1.14 bits per heavy atom. The lowest BCUT2D eigenvalue weighted by molar-refractivity contribution is -0.137. The molecule has 2 aromatic carbocycles. The lowest BCUT2D eigenvalue weighted by Gasteiger charge is -2.22. The average Bonchev–Trinajstić information content (AvgIpc) is 2.49. The highest BCUT2D eigenvalue weighted by Gasteiger charge is 2.19. The number of rotatable bonds is 5. The van der Waals surface area contributed by atoms with Gasteiger partial charge in [-0.15, -0.1) is 0 Å². The summed E-state index contributed by atoms with van der Waals surface area (Å²) in [5.41, 5.74) is 1.07. The lowest BCUT2D eigenvalue weighted by Crippen LogP contribution is -2.37. The first kappa shape index (κ1) is 15.6. The van der Waals surface area contributed by atoms with E-state index in [1.807, 2.05) is 54.6 Å². The third-order valence-corrected chi connectivity index (χ3v) is 3.92. The Balaban J connectivity index is 1.97. The van der Waals surface area contributed by atoms with Crippen molar-refractivity contribution < 1.29 is 9.53 Å². The molecule has 0 aliphatic carbocycles. The fourth-order valence-electron chi connectivity index (χ4n) is 2.02. The maximum atomic E-state index is 12.3. The zero-order chi connectivity index (χ0) is 15.2. The smallest absolute Gasteiger partial charge is 0.263 e. The van der Waals surface area contributed by atoms with Gasteiger partial charge in [-0.3, -0.25) is 4.79 Å². The number of amides is 1. The molecule has 1 amide bonds. The monoisotopic (exact) mass is 347 g/mol. The number of para-hydroxylation sites is 1. The highest BCUT2D eigenvalue weighted by molar-refractivity contribution is 9.10. The summed E-state index contributed by atoms with van der Waals surface area (Å²) in [5, 5.41) is 0. The summed E-state index contributed by atoms with van der Waals surface area (Å²) < 4.78 is 6.66. The number of halogens is 1. The topological polar surface area (TPSA) is 29.5 Å². The molecule has 0 bridgehead atoms. The molecular weight excluding hydrogens is 330 g/mol. The van der Waals surface area contributed by atoms with E-state index >= 15 is 0 Å². The van der Waals surface area contributed by atoms with Crippen LogP contribution in [0.4, 0.5) is 0 Å². The van der Waals surface area contributed by atoms with E-state index < -0.39 is 6.10 Å². The molecular formula is C17H18BrNO2. The summed E-state index contributed by atoms with van der Waals surface area (Å²) in [7, 11) is 1.78. The number of likely N-dealkylation sites (N-methyl/N-ethyl adjacent to an activating group) is 1. The van der Waals surface area contributed by atoms with E-state index in [0.29, 0.717) is 12.3 Å². The summed E-state index contributed by atoms with van der Waals surface area (Å²) in [6, 6.07) is 17.3. The minimum absolute atomic E-state index is 0.0467. The van der Waals surface area contributed by atoms with Gasteiger partial charge in [0.2, 0.25) is 0 Å². The Hall–Kier alpha value is -1.81. The Morgan fingerprint density at radius 2 is 1.76 bits per heavy atom. The molecule has 21 heavy (non-hydrogen) atoms. The summed E-state index contributed by atoms with van der Waals surface area (Å²) in [6.07, 6.45) is -0.514. The molecule has 0 aromatic heterocycles. The highest BCUT2D eigenvalue weighted by Crippen LogP contribution is 2.18. The van der Waals surface area contributed by atoms with Crippen molar-refractivity contribution in [1.82, 2.24) is 4.90 Å². The normalized spacial score (nSPS) is 11.8. The zero-order valence-corrected chi connectivity index (χ0v) is 13.7. The van der Waals surface area contributed by atoms with Crippen LogP contribution in [-0.2, 0) is 11.3 Å². The van der Waals surface area contributed by atoms with Gasteiger partial charge in [-0.25, -0.2) is 0 Å². The molecule has 0 saturated heterocycles. The first-order valence-electron chi connectivity index (χ1n) is 6.78. The van der Waals surface area contributed by atoms with E-state index in [2.05, 4.69) is 15.9 Å². The molecule has 0 radical (unpaired) electrons. The number of carbonyl (C=O) groups is 1. The molecule has 0 fully saturated rings. The van der Waals surface area contributed by atoms with Crippen molar-refractivity contribution in [1.29, 1.82) is 0 Å². The van der Waals surface area contributed by atoms with Gasteiger partial charge >= 0.3 is 0 Å². The Morgan fingerprint density at radius 3 is 2.43 bits per heavy atom. The van der Waals surface area contributed by atoms with Crippen LogP contribution in [0.1, 0.15) is 12.5 Å². The van der Waals surface area contributed by atoms with Gasteiger partial charge in [-0.1, -0.05) is 52.3 Å². The molecule has 110 valence electrons. The quantitative estimate of drug-likeness (QED) is 0.821. The molecule has 2 aromatic rings. The minimum Gasteiger partial charge on any atom is -0.481 e. The van der Waals surface area contributed by atoms with Crippen LogP contribution in [-0.4, -0.2) is 24.0 Å². The van der Waals surface area contributed by atoms with Crippen molar-refractivity contribution in [3.05, 3.63) is 64.6 Å². The number of hydrogen-bond acceptors (Lipinski definition) is 2. The number of carbonyl (C=O) groups excluding carboxylic acids is 1. The van der Waals surface area contributed by atoms with Gasteiger partial charge in [0.15, 0.2) is 6.10 Å². The lowest BCUT2D eigenvalue weighted by atomic mass is 10.2. The largest absolute Gasteiger partial charge is 0.481 e. The van der Waals surface area contributed by atoms with Crippen molar-refractivity contribution >= 4 is 21.8 Å². The summed E-state index contributed by atoms with van der Waals surface area (Å²) in [4.78, 5) is 14.0. The van der Waals surface area contributed by atoms with Crippen LogP contribution in [0.2, 0.25) is 0 Å². The molecule has 0 spiro atoms. The highest BCUT2D eigenvalue weighted by atomic mass is 79.9. The Bertz CT molecular complexity index is 601. The van der Waals surface area contributed by atoms with E-state index in [-0.39, 0.29) is 5.91 Å². The van der Waals surface area contributed by atoms with Crippen LogP contribution >= 0.6 is 15.9 Å². The van der Waals surface area contributed by atoms with Gasteiger partial charge in [-0.2, -0.15) is 0 Å². The second-order valence-electron chi connectivity index (χ2n) is 4.86. The maximum absolute atomic E-state index is 12.3. The second kappa shape index (κ2) is 7.27. The minimum atomic E-state index is -0.514. The van der Waals surface area contributed by atoms with Crippen molar-refractivity contribution in [3.63, 3.8) is 0 Å². The van der Waals surface area contributed by atoms with Gasteiger partial charge in [-0.05, 0) is 30.7 Å². The standard InChI is InChI=1S/C17H18BrNO2/c1-13(21-15-9-4-3-5-10-15)17(20)19(2)12-14-8-6-7-11-16(14)18/h3-11,13H,12H2,1-2H3. The van der Waals surface area contributed by atoms with Crippen molar-refractivity contribution in [2.45, 2.75) is 19.6 Å². The number of benzene rings is 2. The first-order valence-corrected chi connectivity index (χ1v) is 7.57. The molecule has 3 nitrogen and oxygen atoms in total. The van der Waals surface area contributed by atoms with E-state index in [4.69, 9.17) is 4.74 Å². The molecule has 2 rings (SSSR count). The predicted octanol–water partition coefficient (Wildman–Crippen LogP) is 3.88. The molecule has 0 aliphatic heterocycles. The second-order valence-corrected chi connectivity index (χ2v) is 5.71. The number of nitrogens with zero attached hydrogens (tertiary/aromatic N) is 1. The van der Waals surface area contributed by atoms with Crippen LogP contribution < -0.4 is 4.74 Å². The van der Waals surface area contributed by atoms with Crippen LogP contribution in [0, 0.1) is 0 Å². The van der Waals surface area contributed by atoms with E-state index in [1.54, 1.807) is 18.9 Å². The third kappa shape index (κ3) is 4.33. The van der Waals surface area contributed by atoms with Gasteiger partial charge in [0.25, 0.3) is 5.91 Å². The van der Waals surface area contributed by atoms with Crippen LogP contribution in [0.25, 0.3) is 0 Å². The van der Waals surface area contributed by atoms with Gasteiger partial charge < -0.3 is 9.64 Å². The molecule has 1 atom stereocenters. The van der Waals surface area contributed by atoms with Crippen molar-refractivity contribution in [2.75, 3.05) is 7.05 Å². The van der Waals surface area contributed by atoms with E-state index in [1.165, 1.54) is 0 Å². The van der Waals surface area contributed by atoms with Crippen molar-refractivity contribution in [3.8, 4) is 5.75 Å². The maximum Gasteiger partial charge on any atom is 0.263 e. The third-order valence-electron chi connectivity index (χ3n) is 3.15. The molecule has 0 saturated carbocycles. The van der Waals surface area contributed by atoms with Gasteiger partial charge in [0.1, 0.15) is 5.75 Å². The molecule has 0 heterocycles. The van der Waals surface area contributed by atoms with E-state index in [9.17, 15) is 4.79 Å². The van der Waals surface area contributed by atoms with E-state index in [0.717, 1.165) is 10.0 Å². The molecule has 0 aliphatic rings. The fourth-order valence-corrected chi connectivity index (χ4v) is 2.43. The first-order chi connectivity index (χ1) is 10.1. The predicted molar refractivity (Wildman–Crippen MR) is 87.1 cm³/mol. The van der Waals surface area contributed by atoms with Gasteiger partial charge in [0.05, 0.1) is 0 Å². The fraction of sp³-hybridized carbons (Fsp3) is 0.235. The van der Waals surface area contributed by atoms with Crippen LogP contribution in [0.3, 0.4) is 0 Å². The molecule has 1 unspecified atom stereocenters. The zero-order valence-electron chi connectivity index (χ0n) is 12.1. The Labute approximate surface area is 133 Å². The summed E-state index contributed by atoms with van der Waals surface area (Å²) in [5.74, 6) is 0.655. The van der Waals surface area contributed by atoms with Crippen LogP contribution in [0.15, 0.2) is 59.1 Å². The average molecular weight is 348 g/mol. The number of ether oxygens (including phenoxy) is 1. The molecule has 4 heteroatoms. The Kier molecular flexibility index (Phi) is 5.39. The number of hydrogen-bond donors (Lipinski definition) is 0. The van der Waals surface area contributed by atoms with Crippen molar-refractivity contribution in [2.24, 2.45) is 0 Å². The SMILES string of the molecule is CC(Oc1ccccc1)C(=O)N(C)Cc1ccccc1Br. The summed E-state index contributed by atoms with van der Waals surface area (Å²) in [6.45, 7) is 2.31. The molecule has 0 N–H and O–H groups in total. The van der Waals surface area contributed by atoms with Gasteiger partial charge in [0, 0.05) is 18.1 Å². The van der Waals surface area contributed by atoms with Crippen LogP contribution in [0.5, 0.6) is 5.75 Å².